The van der Waals surface area contributed by atoms with Crippen LogP contribution in [0.25, 0.3) is 0 Å². The zero-order valence-corrected chi connectivity index (χ0v) is 15.7. The number of benzene rings is 2. The molecule has 0 aliphatic rings. The fourth-order valence-electron chi connectivity index (χ4n) is 2.27. The smallest absolute Gasteiger partial charge is 0.255 e. The molecular formula is C19H21Cl2NO3. The van der Waals surface area contributed by atoms with Crippen LogP contribution < -0.4 is 10.1 Å². The van der Waals surface area contributed by atoms with Crippen molar-refractivity contribution in [3.8, 4) is 5.75 Å². The van der Waals surface area contributed by atoms with Gasteiger partial charge in [0.05, 0.1) is 28.3 Å². The first-order valence-corrected chi connectivity index (χ1v) is 8.84. The summed E-state index contributed by atoms with van der Waals surface area (Å²) in [5.74, 6) is 0.312. The van der Waals surface area contributed by atoms with E-state index < -0.39 is 0 Å². The van der Waals surface area contributed by atoms with Gasteiger partial charge in [-0.2, -0.15) is 0 Å². The first-order valence-electron chi connectivity index (χ1n) is 8.08. The summed E-state index contributed by atoms with van der Waals surface area (Å²) in [7, 11) is 0. The van der Waals surface area contributed by atoms with Gasteiger partial charge >= 0.3 is 0 Å². The maximum absolute atomic E-state index is 12.6. The zero-order valence-electron chi connectivity index (χ0n) is 14.2. The second-order valence-corrected chi connectivity index (χ2v) is 6.22. The SMILES string of the molecule is CCOCCOc1ccccc1C(=O)NC(C)c1ccc(Cl)c(Cl)c1. The summed E-state index contributed by atoms with van der Waals surface area (Å²) in [6.07, 6.45) is 0. The Balaban J connectivity index is 2.05. The van der Waals surface area contributed by atoms with E-state index in [-0.39, 0.29) is 11.9 Å². The predicted molar refractivity (Wildman–Crippen MR) is 101 cm³/mol. The van der Waals surface area contributed by atoms with Gasteiger partial charge in [0.15, 0.2) is 0 Å². The van der Waals surface area contributed by atoms with Crippen molar-refractivity contribution in [2.75, 3.05) is 19.8 Å². The summed E-state index contributed by atoms with van der Waals surface area (Å²) in [5, 5.41) is 3.89. The standard InChI is InChI=1S/C19H21Cl2NO3/c1-3-24-10-11-25-18-7-5-4-6-15(18)19(23)22-13(2)14-8-9-16(20)17(21)12-14/h4-9,12-13H,3,10-11H2,1-2H3,(H,22,23). The second-order valence-electron chi connectivity index (χ2n) is 5.41. The van der Waals surface area contributed by atoms with Gasteiger partial charge in [-0.3, -0.25) is 4.79 Å². The highest BCUT2D eigenvalue weighted by molar-refractivity contribution is 6.42. The Morgan fingerprint density at radius 3 is 2.60 bits per heavy atom. The van der Waals surface area contributed by atoms with Crippen molar-refractivity contribution in [3.63, 3.8) is 0 Å². The van der Waals surface area contributed by atoms with Crippen LogP contribution in [0.15, 0.2) is 42.5 Å². The topological polar surface area (TPSA) is 47.6 Å². The van der Waals surface area contributed by atoms with Crippen molar-refractivity contribution >= 4 is 29.1 Å². The Labute approximate surface area is 158 Å². The number of nitrogens with one attached hydrogen (secondary N) is 1. The molecule has 0 aromatic heterocycles. The fourth-order valence-corrected chi connectivity index (χ4v) is 2.58. The Hall–Kier alpha value is -1.75. The van der Waals surface area contributed by atoms with Crippen LogP contribution in [-0.2, 0) is 4.74 Å². The summed E-state index contributed by atoms with van der Waals surface area (Å²) in [6, 6.07) is 12.2. The van der Waals surface area contributed by atoms with Crippen molar-refractivity contribution in [2.24, 2.45) is 0 Å². The van der Waals surface area contributed by atoms with Gasteiger partial charge in [0.1, 0.15) is 12.4 Å². The minimum atomic E-state index is -0.223. The van der Waals surface area contributed by atoms with E-state index >= 15 is 0 Å². The first kappa shape index (κ1) is 19.6. The number of rotatable bonds is 8. The van der Waals surface area contributed by atoms with Gasteiger partial charge in [-0.15, -0.1) is 0 Å². The Morgan fingerprint density at radius 1 is 1.12 bits per heavy atom. The Morgan fingerprint density at radius 2 is 1.88 bits per heavy atom. The minimum Gasteiger partial charge on any atom is -0.490 e. The van der Waals surface area contributed by atoms with Crippen LogP contribution in [0, 0.1) is 0 Å². The van der Waals surface area contributed by atoms with Gasteiger partial charge in [-0.05, 0) is 43.7 Å². The van der Waals surface area contributed by atoms with Crippen molar-refractivity contribution in [1.29, 1.82) is 0 Å². The molecule has 4 nitrogen and oxygen atoms in total. The molecule has 0 radical (unpaired) electrons. The predicted octanol–water partition coefficient (Wildman–Crippen LogP) is 4.90. The number of carbonyl (C=O) groups is 1. The number of hydrogen-bond acceptors (Lipinski definition) is 3. The van der Waals surface area contributed by atoms with Crippen molar-refractivity contribution in [3.05, 3.63) is 63.6 Å². The van der Waals surface area contributed by atoms with Crippen LogP contribution in [0.4, 0.5) is 0 Å². The summed E-state index contributed by atoms with van der Waals surface area (Å²) in [6.45, 7) is 5.31. The molecule has 2 rings (SSSR count). The molecule has 25 heavy (non-hydrogen) atoms. The molecule has 0 fully saturated rings. The average molecular weight is 382 g/mol. The molecule has 2 aromatic carbocycles. The summed E-state index contributed by atoms with van der Waals surface area (Å²) >= 11 is 12.0. The molecule has 6 heteroatoms. The molecule has 0 saturated heterocycles. The van der Waals surface area contributed by atoms with Gasteiger partial charge in [-0.25, -0.2) is 0 Å². The van der Waals surface area contributed by atoms with Crippen LogP contribution in [0.2, 0.25) is 10.0 Å². The van der Waals surface area contributed by atoms with E-state index in [9.17, 15) is 4.79 Å². The Kier molecular flexibility index (Phi) is 7.56. The molecule has 1 atom stereocenters. The number of halogens is 2. The molecule has 0 heterocycles. The van der Waals surface area contributed by atoms with Crippen molar-refractivity contribution in [1.82, 2.24) is 5.32 Å². The number of ether oxygens (including phenoxy) is 2. The van der Waals surface area contributed by atoms with Crippen molar-refractivity contribution in [2.45, 2.75) is 19.9 Å². The van der Waals surface area contributed by atoms with E-state index in [1.165, 1.54) is 0 Å². The fraction of sp³-hybridized carbons (Fsp3) is 0.316. The molecule has 0 spiro atoms. The molecule has 0 aliphatic heterocycles. The lowest BCUT2D eigenvalue weighted by atomic mass is 10.1. The largest absolute Gasteiger partial charge is 0.490 e. The third-order valence-corrected chi connectivity index (χ3v) is 4.35. The number of amides is 1. The molecule has 2 aromatic rings. The van der Waals surface area contributed by atoms with E-state index in [1.807, 2.05) is 26.0 Å². The lowest BCUT2D eigenvalue weighted by Gasteiger charge is -2.17. The quantitative estimate of drug-likeness (QED) is 0.661. The molecule has 0 aliphatic carbocycles. The van der Waals surface area contributed by atoms with E-state index in [2.05, 4.69) is 5.32 Å². The van der Waals surface area contributed by atoms with Gasteiger partial charge in [0, 0.05) is 6.61 Å². The second kappa shape index (κ2) is 9.66. The molecular weight excluding hydrogens is 361 g/mol. The third kappa shape index (κ3) is 5.63. The number of carbonyl (C=O) groups excluding carboxylic acids is 1. The third-order valence-electron chi connectivity index (χ3n) is 3.61. The molecule has 1 amide bonds. The van der Waals surface area contributed by atoms with Gasteiger partial charge < -0.3 is 14.8 Å². The maximum atomic E-state index is 12.6. The normalized spacial score (nSPS) is 11.8. The first-order chi connectivity index (χ1) is 12.0. The van der Waals surface area contributed by atoms with E-state index in [0.29, 0.717) is 41.2 Å². The number of hydrogen-bond donors (Lipinski definition) is 1. The van der Waals surface area contributed by atoms with Crippen LogP contribution in [0.5, 0.6) is 5.75 Å². The zero-order chi connectivity index (χ0) is 18.2. The summed E-state index contributed by atoms with van der Waals surface area (Å²) in [4.78, 5) is 12.6. The highest BCUT2D eigenvalue weighted by atomic mass is 35.5. The summed E-state index contributed by atoms with van der Waals surface area (Å²) in [5.41, 5.74) is 1.35. The van der Waals surface area contributed by atoms with Crippen LogP contribution in [0.1, 0.15) is 35.8 Å². The Bertz CT molecular complexity index is 722. The lowest BCUT2D eigenvalue weighted by Crippen LogP contribution is -2.27. The van der Waals surface area contributed by atoms with E-state index in [1.54, 1.807) is 30.3 Å². The molecule has 0 saturated carbocycles. The van der Waals surface area contributed by atoms with Crippen LogP contribution in [-0.4, -0.2) is 25.7 Å². The van der Waals surface area contributed by atoms with Gasteiger partial charge in [0.2, 0.25) is 0 Å². The molecule has 134 valence electrons. The number of para-hydroxylation sites is 1. The van der Waals surface area contributed by atoms with Gasteiger partial charge in [-0.1, -0.05) is 41.4 Å². The molecule has 1 N–H and O–H groups in total. The van der Waals surface area contributed by atoms with E-state index in [0.717, 1.165) is 5.56 Å². The monoisotopic (exact) mass is 381 g/mol. The average Bonchev–Trinajstić information content (AvgIpc) is 2.61. The van der Waals surface area contributed by atoms with Gasteiger partial charge in [0.25, 0.3) is 5.91 Å². The molecule has 1 unspecified atom stereocenters. The highest BCUT2D eigenvalue weighted by Gasteiger charge is 2.16. The minimum absolute atomic E-state index is 0.217. The lowest BCUT2D eigenvalue weighted by molar-refractivity contribution is 0.0923. The van der Waals surface area contributed by atoms with Crippen molar-refractivity contribution < 1.29 is 14.3 Å². The van der Waals surface area contributed by atoms with Crippen LogP contribution >= 0.6 is 23.2 Å². The van der Waals surface area contributed by atoms with E-state index in [4.69, 9.17) is 32.7 Å². The summed E-state index contributed by atoms with van der Waals surface area (Å²) < 4.78 is 10.9. The highest BCUT2D eigenvalue weighted by Crippen LogP contribution is 2.26. The van der Waals surface area contributed by atoms with Crippen LogP contribution in [0.3, 0.4) is 0 Å². The molecule has 0 bridgehead atoms. The maximum Gasteiger partial charge on any atom is 0.255 e.